The van der Waals surface area contributed by atoms with Crippen molar-refractivity contribution in [3.05, 3.63) is 0 Å². The monoisotopic (exact) mass is 252 g/mol. The van der Waals surface area contributed by atoms with E-state index in [2.05, 4.69) is 18.7 Å². The van der Waals surface area contributed by atoms with Gasteiger partial charge in [0.25, 0.3) is 0 Å². The van der Waals surface area contributed by atoms with Crippen molar-refractivity contribution in [3.8, 4) is 0 Å². The van der Waals surface area contributed by atoms with Gasteiger partial charge >= 0.3 is 0 Å². The molecule has 3 heteroatoms. The number of hydrogen-bond acceptors (Lipinski definition) is 2. The summed E-state index contributed by atoms with van der Waals surface area (Å²) >= 11 is 0. The smallest absolute Gasteiger partial charge is 0.226 e. The molecular weight excluding hydrogens is 224 g/mol. The second kappa shape index (κ2) is 6.05. The Kier molecular flexibility index (Phi) is 4.66. The van der Waals surface area contributed by atoms with E-state index in [9.17, 15) is 4.79 Å². The van der Waals surface area contributed by atoms with Crippen LogP contribution < -0.4 is 5.73 Å². The summed E-state index contributed by atoms with van der Waals surface area (Å²) in [5, 5.41) is 0. The largest absolute Gasteiger partial charge is 0.339 e. The predicted octanol–water partition coefficient (Wildman–Crippen LogP) is 2.40. The lowest BCUT2D eigenvalue weighted by Gasteiger charge is -2.36. The zero-order valence-corrected chi connectivity index (χ0v) is 11.9. The van der Waals surface area contributed by atoms with Gasteiger partial charge in [-0.05, 0) is 44.1 Å². The highest BCUT2D eigenvalue weighted by Gasteiger charge is 2.38. The van der Waals surface area contributed by atoms with E-state index in [0.717, 1.165) is 19.4 Å². The summed E-state index contributed by atoms with van der Waals surface area (Å²) in [6, 6.07) is 0.470. The van der Waals surface area contributed by atoms with Crippen LogP contribution in [0, 0.1) is 17.8 Å². The molecule has 1 saturated carbocycles. The summed E-state index contributed by atoms with van der Waals surface area (Å²) < 4.78 is 0. The highest BCUT2D eigenvalue weighted by molar-refractivity contribution is 5.80. The first kappa shape index (κ1) is 13.9. The summed E-state index contributed by atoms with van der Waals surface area (Å²) in [4.78, 5) is 14.9. The van der Waals surface area contributed by atoms with Crippen molar-refractivity contribution < 1.29 is 4.79 Å². The van der Waals surface area contributed by atoms with E-state index >= 15 is 0 Å². The molecule has 1 saturated heterocycles. The van der Waals surface area contributed by atoms with Gasteiger partial charge in [-0.25, -0.2) is 0 Å². The van der Waals surface area contributed by atoms with Crippen LogP contribution in [0.4, 0.5) is 0 Å². The van der Waals surface area contributed by atoms with E-state index < -0.39 is 0 Å². The van der Waals surface area contributed by atoms with Crippen LogP contribution in [0.3, 0.4) is 0 Å². The zero-order chi connectivity index (χ0) is 13.1. The third-order valence-corrected chi connectivity index (χ3v) is 4.88. The van der Waals surface area contributed by atoms with E-state index in [1.165, 1.54) is 25.7 Å². The molecule has 0 radical (unpaired) electrons. The molecular formula is C15H28N2O. The van der Waals surface area contributed by atoms with Crippen LogP contribution in [-0.2, 0) is 4.79 Å². The van der Waals surface area contributed by atoms with Gasteiger partial charge in [-0.1, -0.05) is 26.7 Å². The average molecular weight is 252 g/mol. The Morgan fingerprint density at radius 2 is 1.94 bits per heavy atom. The van der Waals surface area contributed by atoms with E-state index in [-0.39, 0.29) is 5.92 Å². The van der Waals surface area contributed by atoms with Gasteiger partial charge in [0, 0.05) is 18.5 Å². The minimum Gasteiger partial charge on any atom is -0.339 e. The van der Waals surface area contributed by atoms with Crippen molar-refractivity contribution in [2.45, 2.75) is 58.4 Å². The molecule has 0 aromatic carbocycles. The molecule has 2 rings (SSSR count). The number of amides is 1. The third kappa shape index (κ3) is 2.71. The predicted molar refractivity (Wildman–Crippen MR) is 74.1 cm³/mol. The number of nitrogens with two attached hydrogens (primary N) is 1. The Hall–Kier alpha value is -0.570. The maximum Gasteiger partial charge on any atom is 0.226 e. The lowest BCUT2D eigenvalue weighted by Crippen LogP contribution is -2.45. The molecule has 0 aromatic rings. The molecule has 18 heavy (non-hydrogen) atoms. The number of carbonyl (C=O) groups excluding carboxylic acids is 1. The first-order valence-electron chi connectivity index (χ1n) is 7.65. The first-order valence-corrected chi connectivity index (χ1v) is 7.65. The molecule has 2 aliphatic rings. The molecule has 2 fully saturated rings. The molecule has 1 amide bonds. The minimum atomic E-state index is 0.211. The van der Waals surface area contributed by atoms with Crippen molar-refractivity contribution >= 4 is 5.91 Å². The van der Waals surface area contributed by atoms with Crippen molar-refractivity contribution in [2.24, 2.45) is 23.5 Å². The molecule has 104 valence electrons. The summed E-state index contributed by atoms with van der Waals surface area (Å²) in [6.07, 6.45) is 7.01. The van der Waals surface area contributed by atoms with Gasteiger partial charge in [0.05, 0.1) is 0 Å². The Balaban J connectivity index is 2.05. The highest BCUT2D eigenvalue weighted by Crippen LogP contribution is 2.34. The van der Waals surface area contributed by atoms with Gasteiger partial charge < -0.3 is 10.6 Å². The molecule has 3 atom stereocenters. The first-order chi connectivity index (χ1) is 8.65. The highest BCUT2D eigenvalue weighted by atomic mass is 16.2. The summed E-state index contributed by atoms with van der Waals surface area (Å²) in [6.45, 7) is 6.11. The Labute approximate surface area is 111 Å². The normalized spacial score (nSPS) is 33.1. The fourth-order valence-corrected chi connectivity index (χ4v) is 3.79. The SMILES string of the molecule is CC(C)C1CCCN1C(=O)C1CCCCC1CN. The number of likely N-dealkylation sites (tertiary alicyclic amines) is 1. The second-order valence-electron chi connectivity index (χ2n) is 6.37. The van der Waals surface area contributed by atoms with Crippen LogP contribution in [0.5, 0.6) is 0 Å². The Morgan fingerprint density at radius 1 is 1.22 bits per heavy atom. The number of rotatable bonds is 3. The van der Waals surface area contributed by atoms with E-state index in [4.69, 9.17) is 5.73 Å². The summed E-state index contributed by atoms with van der Waals surface area (Å²) in [5.41, 5.74) is 5.85. The Morgan fingerprint density at radius 3 is 2.61 bits per heavy atom. The second-order valence-corrected chi connectivity index (χ2v) is 6.37. The Bertz CT molecular complexity index is 286. The van der Waals surface area contributed by atoms with E-state index in [1.54, 1.807) is 0 Å². The zero-order valence-electron chi connectivity index (χ0n) is 11.9. The number of carbonyl (C=O) groups is 1. The summed E-state index contributed by atoms with van der Waals surface area (Å²) in [5.74, 6) is 1.63. The van der Waals surface area contributed by atoms with E-state index in [0.29, 0.717) is 30.3 Å². The standard InChI is InChI=1S/C15H28N2O/c1-11(2)14-8-5-9-17(14)15(18)13-7-4-3-6-12(13)10-16/h11-14H,3-10,16H2,1-2H3. The van der Waals surface area contributed by atoms with Gasteiger partial charge in [-0.2, -0.15) is 0 Å². The lowest BCUT2D eigenvalue weighted by atomic mass is 9.78. The number of hydrogen-bond donors (Lipinski definition) is 1. The van der Waals surface area contributed by atoms with Gasteiger partial charge in [0.1, 0.15) is 0 Å². The molecule has 0 bridgehead atoms. The molecule has 1 aliphatic heterocycles. The molecule has 0 aromatic heterocycles. The van der Waals surface area contributed by atoms with Crippen LogP contribution in [0.15, 0.2) is 0 Å². The van der Waals surface area contributed by atoms with Crippen LogP contribution in [0.25, 0.3) is 0 Å². The van der Waals surface area contributed by atoms with E-state index in [1.807, 2.05) is 0 Å². The maximum absolute atomic E-state index is 12.8. The van der Waals surface area contributed by atoms with Crippen molar-refractivity contribution in [2.75, 3.05) is 13.1 Å². The van der Waals surface area contributed by atoms with Crippen molar-refractivity contribution in [1.82, 2.24) is 4.90 Å². The number of nitrogens with zero attached hydrogens (tertiary/aromatic N) is 1. The average Bonchev–Trinajstić information content (AvgIpc) is 2.87. The van der Waals surface area contributed by atoms with Crippen LogP contribution in [0.2, 0.25) is 0 Å². The van der Waals surface area contributed by atoms with Gasteiger partial charge in [-0.3, -0.25) is 4.79 Å². The van der Waals surface area contributed by atoms with Crippen LogP contribution in [0.1, 0.15) is 52.4 Å². The molecule has 1 heterocycles. The third-order valence-electron chi connectivity index (χ3n) is 4.88. The maximum atomic E-state index is 12.8. The topological polar surface area (TPSA) is 46.3 Å². The van der Waals surface area contributed by atoms with Gasteiger partial charge in [-0.15, -0.1) is 0 Å². The molecule has 3 unspecified atom stereocenters. The quantitative estimate of drug-likeness (QED) is 0.838. The van der Waals surface area contributed by atoms with Gasteiger partial charge in [0.15, 0.2) is 0 Å². The summed E-state index contributed by atoms with van der Waals surface area (Å²) in [7, 11) is 0. The lowest BCUT2D eigenvalue weighted by molar-refractivity contribution is -0.140. The minimum absolute atomic E-state index is 0.211. The van der Waals surface area contributed by atoms with Crippen LogP contribution >= 0.6 is 0 Å². The fourth-order valence-electron chi connectivity index (χ4n) is 3.79. The molecule has 2 N–H and O–H groups in total. The van der Waals surface area contributed by atoms with Crippen molar-refractivity contribution in [3.63, 3.8) is 0 Å². The fraction of sp³-hybridized carbons (Fsp3) is 0.933. The molecule has 1 aliphatic carbocycles. The molecule has 3 nitrogen and oxygen atoms in total. The van der Waals surface area contributed by atoms with Crippen LogP contribution in [-0.4, -0.2) is 29.9 Å². The van der Waals surface area contributed by atoms with Crippen molar-refractivity contribution in [1.29, 1.82) is 0 Å². The van der Waals surface area contributed by atoms with Gasteiger partial charge in [0.2, 0.25) is 5.91 Å². The molecule has 0 spiro atoms.